The minimum Gasteiger partial charge on any atom is -0.349 e. The SMILES string of the molecule is O=C(NC1CCC1)C1=C2C=C3CC3=C2C=C1. The summed E-state index contributed by atoms with van der Waals surface area (Å²) in [6, 6.07) is 0.425. The van der Waals surface area contributed by atoms with Gasteiger partial charge in [-0.2, -0.15) is 0 Å². The molecule has 0 atom stereocenters. The summed E-state index contributed by atoms with van der Waals surface area (Å²) in [5, 5.41) is 3.10. The Balaban J connectivity index is 1.62. The Bertz CT molecular complexity index is 527. The summed E-state index contributed by atoms with van der Waals surface area (Å²) in [5.41, 5.74) is 6.22. The molecule has 1 N–H and O–H groups in total. The maximum absolute atomic E-state index is 12.0. The lowest BCUT2D eigenvalue weighted by Crippen LogP contribution is -2.40. The van der Waals surface area contributed by atoms with Crippen molar-refractivity contribution in [3.05, 3.63) is 46.1 Å². The van der Waals surface area contributed by atoms with E-state index in [1.165, 1.54) is 23.1 Å². The molecule has 2 fully saturated rings. The summed E-state index contributed by atoms with van der Waals surface area (Å²) in [4.78, 5) is 12.0. The minimum atomic E-state index is 0.115. The smallest absolute Gasteiger partial charge is 0.252 e. The van der Waals surface area contributed by atoms with Crippen molar-refractivity contribution in [3.8, 4) is 0 Å². The normalized spacial score (nSPS) is 25.4. The molecule has 0 saturated heterocycles. The van der Waals surface area contributed by atoms with Gasteiger partial charge < -0.3 is 5.32 Å². The molecule has 0 spiro atoms. The number of nitrogens with one attached hydrogen (secondary N) is 1. The summed E-state index contributed by atoms with van der Waals surface area (Å²) < 4.78 is 0. The molecule has 4 aliphatic carbocycles. The summed E-state index contributed by atoms with van der Waals surface area (Å²) in [7, 11) is 0. The molecule has 0 bridgehead atoms. The molecule has 0 aromatic carbocycles. The number of hydrogen-bond donors (Lipinski definition) is 1. The predicted molar refractivity (Wildman–Crippen MR) is 61.7 cm³/mol. The fourth-order valence-electron chi connectivity index (χ4n) is 2.65. The maximum atomic E-state index is 12.0. The minimum absolute atomic E-state index is 0.115. The van der Waals surface area contributed by atoms with Gasteiger partial charge in [0, 0.05) is 11.6 Å². The second-order valence-corrected chi connectivity index (χ2v) is 5.00. The van der Waals surface area contributed by atoms with Crippen molar-refractivity contribution in [1.82, 2.24) is 5.32 Å². The van der Waals surface area contributed by atoms with E-state index < -0.39 is 0 Å². The highest BCUT2D eigenvalue weighted by atomic mass is 16.1. The van der Waals surface area contributed by atoms with Gasteiger partial charge in [-0.05, 0) is 60.1 Å². The van der Waals surface area contributed by atoms with Crippen LogP contribution in [0.15, 0.2) is 46.1 Å². The molecule has 2 heteroatoms. The van der Waals surface area contributed by atoms with Gasteiger partial charge in [-0.3, -0.25) is 4.79 Å². The van der Waals surface area contributed by atoms with E-state index in [0.29, 0.717) is 6.04 Å². The highest BCUT2D eigenvalue weighted by molar-refractivity contribution is 6.02. The number of rotatable bonds is 2. The van der Waals surface area contributed by atoms with E-state index in [2.05, 4.69) is 17.5 Å². The highest BCUT2D eigenvalue weighted by Crippen LogP contribution is 2.51. The van der Waals surface area contributed by atoms with Gasteiger partial charge >= 0.3 is 0 Å². The van der Waals surface area contributed by atoms with Gasteiger partial charge in [0.2, 0.25) is 0 Å². The molecule has 0 aromatic rings. The molecule has 0 unspecified atom stereocenters. The first-order chi connectivity index (χ1) is 7.83. The van der Waals surface area contributed by atoms with Crippen molar-refractivity contribution < 1.29 is 4.79 Å². The summed E-state index contributed by atoms with van der Waals surface area (Å²) in [5.74, 6) is 0.115. The van der Waals surface area contributed by atoms with Crippen LogP contribution in [-0.4, -0.2) is 11.9 Å². The van der Waals surface area contributed by atoms with E-state index in [1.54, 1.807) is 0 Å². The average molecular weight is 211 g/mol. The molecule has 2 saturated carbocycles. The van der Waals surface area contributed by atoms with Gasteiger partial charge in [-0.25, -0.2) is 0 Å². The first kappa shape index (κ1) is 8.57. The van der Waals surface area contributed by atoms with Crippen LogP contribution in [0.4, 0.5) is 0 Å². The van der Waals surface area contributed by atoms with Crippen LogP contribution in [0.1, 0.15) is 25.7 Å². The molecule has 4 rings (SSSR count). The van der Waals surface area contributed by atoms with Crippen molar-refractivity contribution in [2.75, 3.05) is 0 Å². The van der Waals surface area contributed by atoms with Crippen LogP contribution in [0, 0.1) is 0 Å². The Hall–Kier alpha value is -1.57. The molecule has 1 amide bonds. The van der Waals surface area contributed by atoms with Crippen molar-refractivity contribution in [2.24, 2.45) is 0 Å². The Labute approximate surface area is 94.4 Å². The first-order valence-corrected chi connectivity index (χ1v) is 6.00. The Morgan fingerprint density at radius 1 is 1.25 bits per heavy atom. The van der Waals surface area contributed by atoms with Gasteiger partial charge in [0.1, 0.15) is 0 Å². The standard InChI is InChI=1S/C14H13NO/c16-14(15-9-2-1-3-9)11-5-4-10-12-6-8(12)7-13(10)11/h4-5,7,9H,1-3,6H2,(H,15,16). The number of carbonyl (C=O) groups is 1. The third kappa shape index (κ3) is 1.04. The molecule has 0 radical (unpaired) electrons. The fraction of sp³-hybridized carbons (Fsp3) is 0.357. The number of carbonyl (C=O) groups excluding carboxylic acids is 1. The monoisotopic (exact) mass is 211 g/mol. The van der Waals surface area contributed by atoms with Crippen molar-refractivity contribution in [3.63, 3.8) is 0 Å². The first-order valence-electron chi connectivity index (χ1n) is 6.00. The van der Waals surface area contributed by atoms with Crippen LogP contribution in [0.5, 0.6) is 0 Å². The second kappa shape index (κ2) is 2.76. The van der Waals surface area contributed by atoms with Crippen molar-refractivity contribution in [2.45, 2.75) is 31.7 Å². The van der Waals surface area contributed by atoms with E-state index in [1.807, 2.05) is 6.08 Å². The molecule has 0 aliphatic heterocycles. The van der Waals surface area contributed by atoms with E-state index in [0.717, 1.165) is 30.4 Å². The quantitative estimate of drug-likeness (QED) is 0.745. The third-order valence-electron chi connectivity index (χ3n) is 3.96. The van der Waals surface area contributed by atoms with E-state index >= 15 is 0 Å². The van der Waals surface area contributed by atoms with Gasteiger partial charge in [0.15, 0.2) is 0 Å². The van der Waals surface area contributed by atoms with Crippen molar-refractivity contribution in [1.29, 1.82) is 0 Å². The van der Waals surface area contributed by atoms with Gasteiger partial charge in [-0.1, -0.05) is 6.08 Å². The predicted octanol–water partition coefficient (Wildman–Crippen LogP) is 2.16. The van der Waals surface area contributed by atoms with Crippen LogP contribution in [-0.2, 0) is 4.79 Å². The van der Waals surface area contributed by atoms with Crippen LogP contribution in [0.2, 0.25) is 0 Å². The van der Waals surface area contributed by atoms with E-state index in [9.17, 15) is 4.79 Å². The van der Waals surface area contributed by atoms with Crippen LogP contribution in [0.25, 0.3) is 0 Å². The van der Waals surface area contributed by atoms with Crippen LogP contribution < -0.4 is 5.32 Å². The maximum Gasteiger partial charge on any atom is 0.252 e. The zero-order valence-corrected chi connectivity index (χ0v) is 9.05. The third-order valence-corrected chi connectivity index (χ3v) is 3.96. The number of hydrogen-bond acceptors (Lipinski definition) is 1. The summed E-state index contributed by atoms with van der Waals surface area (Å²) in [6.07, 6.45) is 10.9. The topological polar surface area (TPSA) is 29.1 Å². The molecule has 80 valence electrons. The molecule has 0 heterocycles. The summed E-state index contributed by atoms with van der Waals surface area (Å²) in [6.45, 7) is 0. The lowest BCUT2D eigenvalue weighted by Gasteiger charge is -2.26. The molecular formula is C14H13NO. The van der Waals surface area contributed by atoms with Crippen molar-refractivity contribution >= 4 is 5.91 Å². The van der Waals surface area contributed by atoms with Crippen LogP contribution >= 0.6 is 0 Å². The molecule has 16 heavy (non-hydrogen) atoms. The number of fused-ring (bicyclic) bond motifs is 2. The van der Waals surface area contributed by atoms with Gasteiger partial charge in [0.25, 0.3) is 5.91 Å². The van der Waals surface area contributed by atoms with Gasteiger partial charge in [0.05, 0.1) is 0 Å². The lowest BCUT2D eigenvalue weighted by atomic mass is 9.93. The largest absolute Gasteiger partial charge is 0.349 e. The highest BCUT2D eigenvalue weighted by Gasteiger charge is 2.36. The Morgan fingerprint density at radius 3 is 2.88 bits per heavy atom. The Kier molecular flexibility index (Phi) is 1.48. The van der Waals surface area contributed by atoms with E-state index in [4.69, 9.17) is 0 Å². The average Bonchev–Trinajstić information content (AvgIpc) is 2.70. The lowest BCUT2D eigenvalue weighted by molar-refractivity contribution is -0.118. The number of allylic oxidation sites excluding steroid dienone is 6. The molecule has 4 aliphatic rings. The van der Waals surface area contributed by atoms with E-state index in [-0.39, 0.29) is 5.91 Å². The number of amides is 1. The molecule has 0 aromatic heterocycles. The summed E-state index contributed by atoms with van der Waals surface area (Å²) >= 11 is 0. The second-order valence-electron chi connectivity index (χ2n) is 5.00. The zero-order chi connectivity index (χ0) is 10.7. The zero-order valence-electron chi connectivity index (χ0n) is 9.05. The van der Waals surface area contributed by atoms with Crippen LogP contribution in [0.3, 0.4) is 0 Å². The molecular weight excluding hydrogens is 198 g/mol. The van der Waals surface area contributed by atoms with Gasteiger partial charge in [-0.15, -0.1) is 0 Å². The Morgan fingerprint density at radius 2 is 2.12 bits per heavy atom. The fourth-order valence-corrected chi connectivity index (χ4v) is 2.65. The molecule has 2 nitrogen and oxygen atoms in total.